The number of imide groups is 1. The van der Waals surface area contributed by atoms with Crippen LogP contribution in [0.5, 0.6) is 0 Å². The summed E-state index contributed by atoms with van der Waals surface area (Å²) in [5.74, 6) is -0.442. The summed E-state index contributed by atoms with van der Waals surface area (Å²) in [6.45, 7) is 2.29. The van der Waals surface area contributed by atoms with Crippen molar-refractivity contribution in [2.45, 2.75) is 25.8 Å². The van der Waals surface area contributed by atoms with Gasteiger partial charge < -0.3 is 0 Å². The van der Waals surface area contributed by atoms with E-state index in [0.29, 0.717) is 0 Å². The Morgan fingerprint density at radius 2 is 2.17 bits per heavy atom. The smallest absolute Gasteiger partial charge is 0.243 e. The van der Waals surface area contributed by atoms with Crippen LogP contribution in [0, 0.1) is 0 Å². The zero-order valence-corrected chi connectivity index (χ0v) is 7.46. The van der Waals surface area contributed by atoms with E-state index < -0.39 is 0 Å². The number of carbonyl (C=O) groups is 2. The molecule has 4 heteroatoms. The van der Waals surface area contributed by atoms with Crippen molar-refractivity contribution < 1.29 is 9.59 Å². The van der Waals surface area contributed by atoms with E-state index in [4.69, 9.17) is 0 Å². The van der Waals surface area contributed by atoms with Gasteiger partial charge in [-0.25, -0.2) is 0 Å². The van der Waals surface area contributed by atoms with Crippen molar-refractivity contribution in [1.29, 1.82) is 0 Å². The Hall–Kier alpha value is -0.900. The molecule has 1 aliphatic heterocycles. The Labute approximate surface area is 71.9 Å². The fourth-order valence-corrected chi connectivity index (χ4v) is 1.50. The summed E-state index contributed by atoms with van der Waals surface area (Å²) in [5.41, 5.74) is 0. The third kappa shape index (κ3) is 2.04. The monoisotopic (exact) mass is 170 g/mol. The van der Waals surface area contributed by atoms with Crippen LogP contribution in [0.3, 0.4) is 0 Å². The number of nitrogens with zero attached hydrogens (tertiary/aromatic N) is 1. The minimum Gasteiger partial charge on any atom is -0.295 e. The highest BCUT2D eigenvalue weighted by molar-refractivity contribution is 5.96. The van der Waals surface area contributed by atoms with Gasteiger partial charge in [-0.15, -0.1) is 0 Å². The lowest BCUT2D eigenvalue weighted by Gasteiger charge is -2.17. The molecule has 0 aromatic heterocycles. The molecule has 12 heavy (non-hydrogen) atoms. The van der Waals surface area contributed by atoms with Gasteiger partial charge >= 0.3 is 0 Å². The Bertz CT molecular complexity index is 203. The molecule has 0 aliphatic carbocycles. The van der Waals surface area contributed by atoms with Crippen molar-refractivity contribution >= 4 is 11.8 Å². The highest BCUT2D eigenvalue weighted by Gasteiger charge is 2.27. The molecule has 2 amide bonds. The molecule has 0 radical (unpaired) electrons. The van der Waals surface area contributed by atoms with E-state index in [1.807, 2.05) is 11.9 Å². The molecule has 1 fully saturated rings. The second kappa shape index (κ2) is 3.67. The number of likely N-dealkylation sites (tertiary alicyclic amines) is 1. The van der Waals surface area contributed by atoms with E-state index in [2.05, 4.69) is 5.32 Å². The first-order chi connectivity index (χ1) is 5.61. The standard InChI is InChI=1S/C8H14N2O2/c1-6(11)9-8(12)7-4-3-5-10(7)2/h7H,3-5H2,1-2H3,(H,9,11,12). The maximum absolute atomic E-state index is 11.3. The molecule has 0 spiro atoms. The van der Waals surface area contributed by atoms with E-state index in [-0.39, 0.29) is 17.9 Å². The van der Waals surface area contributed by atoms with Crippen LogP contribution in [0.2, 0.25) is 0 Å². The van der Waals surface area contributed by atoms with E-state index in [1.165, 1.54) is 6.92 Å². The number of rotatable bonds is 1. The fourth-order valence-electron chi connectivity index (χ4n) is 1.50. The summed E-state index contributed by atoms with van der Waals surface area (Å²) >= 11 is 0. The van der Waals surface area contributed by atoms with Crippen LogP contribution in [-0.2, 0) is 9.59 Å². The number of hydrogen-bond donors (Lipinski definition) is 1. The Morgan fingerprint density at radius 1 is 1.50 bits per heavy atom. The predicted octanol–water partition coefficient (Wildman–Crippen LogP) is -0.257. The molecule has 0 saturated carbocycles. The van der Waals surface area contributed by atoms with Gasteiger partial charge in [0.05, 0.1) is 6.04 Å². The topological polar surface area (TPSA) is 49.4 Å². The molecule has 0 aromatic carbocycles. The maximum atomic E-state index is 11.3. The van der Waals surface area contributed by atoms with Crippen molar-refractivity contribution in [3.8, 4) is 0 Å². The van der Waals surface area contributed by atoms with Crippen LogP contribution in [0.25, 0.3) is 0 Å². The van der Waals surface area contributed by atoms with Crippen LogP contribution in [-0.4, -0.2) is 36.3 Å². The molecular weight excluding hydrogens is 156 g/mol. The molecule has 1 saturated heterocycles. The first-order valence-corrected chi connectivity index (χ1v) is 4.13. The van der Waals surface area contributed by atoms with Crippen LogP contribution in [0.15, 0.2) is 0 Å². The first-order valence-electron chi connectivity index (χ1n) is 4.13. The average molecular weight is 170 g/mol. The number of carbonyl (C=O) groups excluding carboxylic acids is 2. The van der Waals surface area contributed by atoms with Crippen molar-refractivity contribution in [1.82, 2.24) is 10.2 Å². The summed E-state index contributed by atoms with van der Waals surface area (Å²) in [4.78, 5) is 23.8. The summed E-state index contributed by atoms with van der Waals surface area (Å²) in [7, 11) is 1.90. The maximum Gasteiger partial charge on any atom is 0.243 e. The molecule has 1 aliphatic rings. The van der Waals surface area contributed by atoms with Crippen molar-refractivity contribution in [3.05, 3.63) is 0 Å². The number of hydrogen-bond acceptors (Lipinski definition) is 3. The lowest BCUT2D eigenvalue weighted by molar-refractivity contribution is -0.131. The molecule has 0 bridgehead atoms. The number of amides is 2. The van der Waals surface area contributed by atoms with Crippen LogP contribution >= 0.6 is 0 Å². The molecule has 1 atom stereocenters. The third-order valence-corrected chi connectivity index (χ3v) is 2.12. The summed E-state index contributed by atoms with van der Waals surface area (Å²) in [6, 6.07) is -0.103. The zero-order chi connectivity index (χ0) is 9.14. The van der Waals surface area contributed by atoms with Crippen LogP contribution in [0.4, 0.5) is 0 Å². The number of nitrogens with one attached hydrogen (secondary N) is 1. The van der Waals surface area contributed by atoms with Crippen LogP contribution < -0.4 is 5.32 Å². The largest absolute Gasteiger partial charge is 0.295 e. The summed E-state index contributed by atoms with van der Waals surface area (Å²) < 4.78 is 0. The molecule has 1 rings (SSSR count). The van der Waals surface area contributed by atoms with Crippen molar-refractivity contribution in [2.24, 2.45) is 0 Å². The second-order valence-corrected chi connectivity index (χ2v) is 3.18. The zero-order valence-electron chi connectivity index (χ0n) is 7.46. The Balaban J connectivity index is 2.46. The van der Waals surface area contributed by atoms with E-state index in [0.717, 1.165) is 19.4 Å². The van der Waals surface area contributed by atoms with E-state index in [9.17, 15) is 9.59 Å². The Morgan fingerprint density at radius 3 is 2.58 bits per heavy atom. The van der Waals surface area contributed by atoms with E-state index >= 15 is 0 Å². The second-order valence-electron chi connectivity index (χ2n) is 3.18. The van der Waals surface area contributed by atoms with Crippen LogP contribution in [0.1, 0.15) is 19.8 Å². The molecule has 4 nitrogen and oxygen atoms in total. The van der Waals surface area contributed by atoms with Gasteiger partial charge in [-0.2, -0.15) is 0 Å². The van der Waals surface area contributed by atoms with Gasteiger partial charge in [0.1, 0.15) is 0 Å². The van der Waals surface area contributed by atoms with Gasteiger partial charge in [0.2, 0.25) is 11.8 Å². The normalized spacial score (nSPS) is 24.0. The molecule has 0 aromatic rings. The van der Waals surface area contributed by atoms with Gasteiger partial charge in [0, 0.05) is 6.92 Å². The minimum absolute atomic E-state index is 0.103. The fraction of sp³-hybridized carbons (Fsp3) is 0.750. The third-order valence-electron chi connectivity index (χ3n) is 2.12. The predicted molar refractivity (Wildman–Crippen MR) is 44.5 cm³/mol. The summed E-state index contributed by atoms with van der Waals surface area (Å²) in [5, 5.41) is 2.30. The molecular formula is C8H14N2O2. The molecule has 68 valence electrons. The average Bonchev–Trinajstić information content (AvgIpc) is 2.33. The highest BCUT2D eigenvalue weighted by atomic mass is 16.2. The highest BCUT2D eigenvalue weighted by Crippen LogP contribution is 2.14. The molecule has 1 unspecified atom stereocenters. The van der Waals surface area contributed by atoms with Gasteiger partial charge in [-0.05, 0) is 26.4 Å². The summed E-state index contributed by atoms with van der Waals surface area (Å²) in [6.07, 6.45) is 1.89. The SMILES string of the molecule is CC(=O)NC(=O)C1CCCN1C. The molecule has 1 heterocycles. The van der Waals surface area contributed by atoms with Crippen molar-refractivity contribution in [3.63, 3.8) is 0 Å². The van der Waals surface area contributed by atoms with Gasteiger partial charge in [0.25, 0.3) is 0 Å². The first kappa shape index (κ1) is 9.19. The lowest BCUT2D eigenvalue weighted by atomic mass is 10.2. The lowest BCUT2D eigenvalue weighted by Crippen LogP contribution is -2.43. The quantitative estimate of drug-likeness (QED) is 0.590. The minimum atomic E-state index is -0.278. The van der Waals surface area contributed by atoms with Gasteiger partial charge in [-0.3, -0.25) is 19.8 Å². The Kier molecular flexibility index (Phi) is 2.81. The van der Waals surface area contributed by atoms with E-state index in [1.54, 1.807) is 0 Å². The van der Waals surface area contributed by atoms with Crippen molar-refractivity contribution in [2.75, 3.05) is 13.6 Å². The molecule has 1 N–H and O–H groups in total. The number of likely N-dealkylation sites (N-methyl/N-ethyl adjacent to an activating group) is 1. The van der Waals surface area contributed by atoms with Gasteiger partial charge in [0.15, 0.2) is 0 Å². The van der Waals surface area contributed by atoms with Gasteiger partial charge in [-0.1, -0.05) is 0 Å².